The van der Waals surface area contributed by atoms with Crippen molar-refractivity contribution in [3.05, 3.63) is 23.8 Å². The van der Waals surface area contributed by atoms with E-state index in [-0.39, 0.29) is 11.5 Å². The number of methoxy groups -OCH3 is 1. The molecule has 7 heteroatoms. The van der Waals surface area contributed by atoms with E-state index < -0.39 is 5.84 Å². The van der Waals surface area contributed by atoms with Crippen molar-refractivity contribution in [2.24, 2.45) is 10.8 Å². The van der Waals surface area contributed by atoms with Crippen LogP contribution in [-0.4, -0.2) is 24.4 Å². The van der Waals surface area contributed by atoms with Crippen molar-refractivity contribution >= 4 is 23.0 Å². The van der Waals surface area contributed by atoms with E-state index in [9.17, 15) is 4.79 Å². The molecule has 0 aliphatic carbocycles. The van der Waals surface area contributed by atoms with Gasteiger partial charge in [0.25, 0.3) is 0 Å². The van der Waals surface area contributed by atoms with Crippen molar-refractivity contribution in [1.29, 1.82) is 10.7 Å². The summed E-state index contributed by atoms with van der Waals surface area (Å²) in [4.78, 5) is 11.2. The highest BCUT2D eigenvalue weighted by molar-refractivity contribution is 6.45. The first-order chi connectivity index (χ1) is 8.99. The van der Waals surface area contributed by atoms with Crippen LogP contribution in [0.3, 0.4) is 0 Å². The van der Waals surface area contributed by atoms with Crippen molar-refractivity contribution in [1.82, 2.24) is 0 Å². The summed E-state index contributed by atoms with van der Waals surface area (Å²) in [5.74, 6) is -0.124. The van der Waals surface area contributed by atoms with E-state index in [4.69, 9.17) is 21.1 Å². The van der Waals surface area contributed by atoms with Crippen molar-refractivity contribution < 1.29 is 9.53 Å². The van der Waals surface area contributed by atoms with Crippen molar-refractivity contribution in [3.8, 4) is 11.8 Å². The van der Waals surface area contributed by atoms with Gasteiger partial charge in [-0.2, -0.15) is 10.4 Å². The lowest BCUT2D eigenvalue weighted by molar-refractivity contribution is 0.101. The maximum Gasteiger partial charge on any atom is 0.201 e. The molecule has 0 saturated carbocycles. The fourth-order valence-electron chi connectivity index (χ4n) is 1.26. The molecule has 0 radical (unpaired) electrons. The molecule has 0 bridgehead atoms. The van der Waals surface area contributed by atoms with E-state index in [0.29, 0.717) is 17.0 Å². The number of Topliss-reactive ketones (excluding diaryl/α,β-unsaturated/α-hetero) is 1. The third kappa shape index (κ3) is 3.54. The monoisotopic (exact) mass is 259 g/mol. The zero-order chi connectivity index (χ0) is 14.4. The Labute approximate surface area is 110 Å². The van der Waals surface area contributed by atoms with Crippen LogP contribution in [0.4, 0.5) is 5.69 Å². The van der Waals surface area contributed by atoms with Crippen LogP contribution in [0.1, 0.15) is 17.3 Å². The molecule has 0 amide bonds. The normalized spacial score (nSPS) is 10.5. The Morgan fingerprint density at radius 1 is 1.58 bits per heavy atom. The third-order valence-electron chi connectivity index (χ3n) is 2.26. The maximum atomic E-state index is 11.2. The summed E-state index contributed by atoms with van der Waals surface area (Å²) in [5.41, 5.74) is 8.45. The lowest BCUT2D eigenvalue weighted by Gasteiger charge is -2.09. The maximum absolute atomic E-state index is 11.2. The number of hydrogen-bond donors (Lipinski definition) is 3. The number of nitrogens with two attached hydrogens (primary N) is 1. The molecule has 0 fully saturated rings. The second-order valence-electron chi connectivity index (χ2n) is 3.57. The molecule has 1 aromatic carbocycles. The second kappa shape index (κ2) is 6.16. The van der Waals surface area contributed by atoms with Gasteiger partial charge in [0.1, 0.15) is 11.8 Å². The van der Waals surface area contributed by atoms with Crippen molar-refractivity contribution in [2.45, 2.75) is 6.92 Å². The number of hydrogen-bond acceptors (Lipinski definition) is 6. The molecule has 0 aliphatic heterocycles. The number of carbonyl (C=O) groups excluding carboxylic acids is 1. The second-order valence-corrected chi connectivity index (χ2v) is 3.57. The molecular formula is C12H13N5O2. The quantitative estimate of drug-likeness (QED) is 0.316. The molecule has 0 aliphatic rings. The van der Waals surface area contributed by atoms with Gasteiger partial charge in [-0.25, -0.2) is 0 Å². The first kappa shape index (κ1) is 14.2. The highest BCUT2D eigenvalue weighted by Crippen LogP contribution is 2.25. The molecule has 0 unspecified atom stereocenters. The highest BCUT2D eigenvalue weighted by Gasteiger charge is 2.07. The number of ketones is 1. The van der Waals surface area contributed by atoms with Gasteiger partial charge in [0, 0.05) is 5.56 Å². The third-order valence-corrected chi connectivity index (χ3v) is 2.26. The zero-order valence-electron chi connectivity index (χ0n) is 10.5. The first-order valence-corrected chi connectivity index (χ1v) is 5.26. The van der Waals surface area contributed by atoms with Crippen LogP contribution in [0.2, 0.25) is 0 Å². The zero-order valence-corrected chi connectivity index (χ0v) is 10.5. The van der Waals surface area contributed by atoms with Gasteiger partial charge in [0.2, 0.25) is 5.71 Å². The highest BCUT2D eigenvalue weighted by atomic mass is 16.5. The Morgan fingerprint density at radius 2 is 2.26 bits per heavy atom. The summed E-state index contributed by atoms with van der Waals surface area (Å²) in [6, 6.07) is 6.43. The van der Waals surface area contributed by atoms with Gasteiger partial charge in [0.05, 0.1) is 12.8 Å². The van der Waals surface area contributed by atoms with Crippen LogP contribution >= 0.6 is 0 Å². The van der Waals surface area contributed by atoms with Gasteiger partial charge in [-0.3, -0.25) is 15.6 Å². The summed E-state index contributed by atoms with van der Waals surface area (Å²) in [6.07, 6.45) is 0. The molecule has 0 atom stereocenters. The Bertz CT molecular complexity index is 586. The van der Waals surface area contributed by atoms with Gasteiger partial charge >= 0.3 is 0 Å². The summed E-state index contributed by atoms with van der Waals surface area (Å²) in [7, 11) is 1.45. The number of nitrogens with one attached hydrogen (secondary N) is 2. The molecule has 0 aromatic heterocycles. The smallest absolute Gasteiger partial charge is 0.201 e. The fraction of sp³-hybridized carbons (Fsp3) is 0.167. The summed E-state index contributed by atoms with van der Waals surface area (Å²) >= 11 is 0. The topological polar surface area (TPSA) is 124 Å². The van der Waals surface area contributed by atoms with Gasteiger partial charge < -0.3 is 10.5 Å². The minimum Gasteiger partial charge on any atom is -0.494 e. The first-order valence-electron chi connectivity index (χ1n) is 5.26. The molecule has 0 saturated heterocycles. The number of rotatable bonds is 5. The fourth-order valence-corrected chi connectivity index (χ4v) is 1.26. The number of nitriles is 1. The molecular weight excluding hydrogens is 246 g/mol. The molecule has 1 rings (SSSR count). The van der Waals surface area contributed by atoms with E-state index in [2.05, 4.69) is 10.5 Å². The molecule has 4 N–H and O–H groups in total. The van der Waals surface area contributed by atoms with Crippen LogP contribution in [0.5, 0.6) is 5.75 Å². The van der Waals surface area contributed by atoms with E-state index in [1.165, 1.54) is 14.0 Å². The lowest BCUT2D eigenvalue weighted by atomic mass is 10.1. The van der Waals surface area contributed by atoms with Crippen LogP contribution in [0.15, 0.2) is 23.3 Å². The number of hydrazone groups is 1. The Balaban J connectivity index is 3.06. The molecule has 0 heterocycles. The van der Waals surface area contributed by atoms with Crippen molar-refractivity contribution in [3.63, 3.8) is 0 Å². The van der Waals surface area contributed by atoms with E-state index >= 15 is 0 Å². The summed E-state index contributed by atoms with van der Waals surface area (Å²) in [6.45, 7) is 1.45. The Kier molecular flexibility index (Phi) is 4.60. The minimum absolute atomic E-state index is 0.0881. The average Bonchev–Trinajstić information content (AvgIpc) is 2.38. The minimum atomic E-state index is -0.436. The van der Waals surface area contributed by atoms with Crippen molar-refractivity contribution in [2.75, 3.05) is 12.5 Å². The molecule has 19 heavy (non-hydrogen) atoms. The van der Waals surface area contributed by atoms with Crippen LogP contribution in [-0.2, 0) is 0 Å². The van der Waals surface area contributed by atoms with Gasteiger partial charge in [0.15, 0.2) is 11.6 Å². The summed E-state index contributed by atoms with van der Waals surface area (Å²) in [5, 5.41) is 19.5. The lowest BCUT2D eigenvalue weighted by Crippen LogP contribution is -2.21. The number of anilines is 1. The van der Waals surface area contributed by atoms with Gasteiger partial charge in [-0.05, 0) is 25.1 Å². The molecule has 1 aromatic rings. The van der Waals surface area contributed by atoms with E-state index in [1.807, 2.05) is 0 Å². The SMILES string of the molecule is COc1cc(C(C)=O)ccc1N/N=C(\C#N)C(=N)N. The Hall–Kier alpha value is -2.88. The Morgan fingerprint density at radius 3 is 2.74 bits per heavy atom. The predicted molar refractivity (Wildman–Crippen MR) is 71.6 cm³/mol. The summed E-state index contributed by atoms with van der Waals surface area (Å²) < 4.78 is 5.11. The number of nitrogens with zero attached hydrogens (tertiary/aromatic N) is 2. The number of benzene rings is 1. The average molecular weight is 259 g/mol. The number of carbonyl (C=O) groups is 1. The largest absolute Gasteiger partial charge is 0.494 e. The molecule has 98 valence electrons. The van der Waals surface area contributed by atoms with Crippen LogP contribution < -0.4 is 15.9 Å². The predicted octanol–water partition coefficient (Wildman–Crippen LogP) is 1.13. The standard InChI is InChI=1S/C12H13N5O2/c1-7(18)8-3-4-9(11(5-8)19-2)16-17-10(6-13)12(14)15/h3-5,16H,1-2H3,(H3,14,15)/b17-10+. The van der Waals surface area contributed by atoms with Gasteiger partial charge in [-0.15, -0.1) is 0 Å². The van der Waals surface area contributed by atoms with Crippen LogP contribution in [0.25, 0.3) is 0 Å². The van der Waals surface area contributed by atoms with Gasteiger partial charge in [-0.1, -0.05) is 0 Å². The molecule has 0 spiro atoms. The number of amidine groups is 1. The number of ether oxygens (including phenoxy) is 1. The van der Waals surface area contributed by atoms with E-state index in [1.54, 1.807) is 24.3 Å². The van der Waals surface area contributed by atoms with E-state index in [0.717, 1.165) is 0 Å². The molecule has 7 nitrogen and oxygen atoms in total. The van der Waals surface area contributed by atoms with Crippen LogP contribution in [0, 0.1) is 16.7 Å².